The molecule has 0 heterocycles. The highest BCUT2D eigenvalue weighted by molar-refractivity contribution is 4.73. The molecule has 0 aliphatic heterocycles. The van der Waals surface area contributed by atoms with Gasteiger partial charge >= 0.3 is 0 Å². The van der Waals surface area contributed by atoms with E-state index in [9.17, 15) is 0 Å². The van der Waals surface area contributed by atoms with Gasteiger partial charge in [0.15, 0.2) is 0 Å². The zero-order chi connectivity index (χ0) is 7.44. The molecule has 0 aromatic rings. The Morgan fingerprint density at radius 3 is 1.67 bits per heavy atom. The van der Waals surface area contributed by atoms with Crippen molar-refractivity contribution in [3.8, 4) is 0 Å². The summed E-state index contributed by atoms with van der Waals surface area (Å²) < 4.78 is 0. The summed E-state index contributed by atoms with van der Waals surface area (Å²) in [5.74, 6) is 0. The van der Waals surface area contributed by atoms with E-state index >= 15 is 0 Å². The van der Waals surface area contributed by atoms with Gasteiger partial charge in [-0.1, -0.05) is 0 Å². The first kappa shape index (κ1) is 8.84. The van der Waals surface area contributed by atoms with Gasteiger partial charge in [-0.05, 0) is 13.3 Å². The van der Waals surface area contributed by atoms with Gasteiger partial charge in [-0.25, -0.2) is 0 Å². The predicted molar refractivity (Wildman–Crippen MR) is 38.4 cm³/mol. The second-order valence-electron chi connectivity index (χ2n) is 2.42. The molecule has 2 atom stereocenters. The molecular formula is C5H16N4. The van der Waals surface area contributed by atoms with E-state index in [4.69, 9.17) is 22.9 Å². The SMILES string of the molecule is CC(N)C(N)CC(N)N. The molecule has 0 fully saturated rings. The standard InChI is InChI=1S/C5H16N4/c1-3(6)4(7)2-5(8)9/h3-5H,2,6-9H2,1H3. The molecular weight excluding hydrogens is 116 g/mol. The Labute approximate surface area is 55.6 Å². The van der Waals surface area contributed by atoms with Gasteiger partial charge in [0, 0.05) is 12.1 Å². The number of hydrogen-bond donors (Lipinski definition) is 4. The van der Waals surface area contributed by atoms with Crippen LogP contribution in [-0.4, -0.2) is 18.2 Å². The van der Waals surface area contributed by atoms with Gasteiger partial charge in [-0.3, -0.25) is 0 Å². The summed E-state index contributed by atoms with van der Waals surface area (Å²) in [6.45, 7) is 1.84. The van der Waals surface area contributed by atoms with Gasteiger partial charge in [0.05, 0.1) is 6.17 Å². The molecule has 0 radical (unpaired) electrons. The fraction of sp³-hybridized carbons (Fsp3) is 1.00. The van der Waals surface area contributed by atoms with Crippen LogP contribution < -0.4 is 22.9 Å². The molecule has 0 aliphatic carbocycles. The van der Waals surface area contributed by atoms with Crippen molar-refractivity contribution in [1.29, 1.82) is 0 Å². The van der Waals surface area contributed by atoms with Crippen LogP contribution in [0.25, 0.3) is 0 Å². The lowest BCUT2D eigenvalue weighted by Crippen LogP contribution is -2.45. The van der Waals surface area contributed by atoms with E-state index in [0.717, 1.165) is 0 Å². The maximum absolute atomic E-state index is 5.53. The fourth-order valence-electron chi connectivity index (χ4n) is 0.529. The van der Waals surface area contributed by atoms with E-state index in [2.05, 4.69) is 0 Å². The van der Waals surface area contributed by atoms with Crippen LogP contribution in [0.5, 0.6) is 0 Å². The van der Waals surface area contributed by atoms with E-state index in [1.165, 1.54) is 0 Å². The highest BCUT2D eigenvalue weighted by Gasteiger charge is 2.09. The second kappa shape index (κ2) is 3.79. The van der Waals surface area contributed by atoms with Crippen LogP contribution >= 0.6 is 0 Å². The lowest BCUT2D eigenvalue weighted by Gasteiger charge is -2.16. The third kappa shape index (κ3) is 4.35. The minimum atomic E-state index is -0.342. The van der Waals surface area contributed by atoms with Crippen molar-refractivity contribution >= 4 is 0 Å². The summed E-state index contributed by atoms with van der Waals surface area (Å²) >= 11 is 0. The first-order chi connectivity index (χ1) is 4.04. The molecule has 0 rings (SSSR count). The molecule has 0 aliphatic rings. The summed E-state index contributed by atoms with van der Waals surface area (Å²) in [5.41, 5.74) is 21.5. The average molecular weight is 132 g/mol. The van der Waals surface area contributed by atoms with E-state index in [1.54, 1.807) is 0 Å². The van der Waals surface area contributed by atoms with Crippen LogP contribution in [0.1, 0.15) is 13.3 Å². The first-order valence-corrected chi connectivity index (χ1v) is 3.06. The van der Waals surface area contributed by atoms with Crippen molar-refractivity contribution in [2.45, 2.75) is 31.6 Å². The normalized spacial score (nSPS) is 18.0. The van der Waals surface area contributed by atoms with Crippen LogP contribution in [-0.2, 0) is 0 Å². The summed E-state index contributed by atoms with van der Waals surface area (Å²) in [4.78, 5) is 0. The Bertz CT molecular complexity index is 71.4. The Kier molecular flexibility index (Phi) is 3.72. The first-order valence-electron chi connectivity index (χ1n) is 3.06. The molecule has 9 heavy (non-hydrogen) atoms. The molecule has 0 bridgehead atoms. The Hall–Kier alpha value is -0.160. The quantitative estimate of drug-likeness (QED) is 0.343. The van der Waals surface area contributed by atoms with E-state index in [1.807, 2.05) is 6.92 Å². The molecule has 0 saturated heterocycles. The third-order valence-electron chi connectivity index (χ3n) is 1.22. The average Bonchev–Trinajstić information content (AvgIpc) is 1.63. The van der Waals surface area contributed by atoms with E-state index < -0.39 is 0 Å². The highest BCUT2D eigenvalue weighted by Crippen LogP contribution is 1.91. The van der Waals surface area contributed by atoms with Crippen LogP contribution in [0.15, 0.2) is 0 Å². The molecule has 0 saturated carbocycles. The van der Waals surface area contributed by atoms with E-state index in [-0.39, 0.29) is 18.2 Å². The third-order valence-corrected chi connectivity index (χ3v) is 1.22. The van der Waals surface area contributed by atoms with Gasteiger partial charge in [-0.15, -0.1) is 0 Å². The molecule has 4 heteroatoms. The Morgan fingerprint density at radius 2 is 1.56 bits per heavy atom. The molecule has 0 aromatic heterocycles. The Balaban J connectivity index is 3.38. The van der Waals surface area contributed by atoms with Crippen LogP contribution in [0.3, 0.4) is 0 Å². The lowest BCUT2D eigenvalue weighted by molar-refractivity contribution is 0.475. The van der Waals surface area contributed by atoms with E-state index in [0.29, 0.717) is 6.42 Å². The minimum absolute atomic E-state index is 0.0281. The van der Waals surface area contributed by atoms with Crippen LogP contribution in [0, 0.1) is 0 Å². The molecule has 2 unspecified atom stereocenters. The summed E-state index contributed by atoms with van der Waals surface area (Å²) in [6, 6.07) is -0.107. The number of nitrogens with two attached hydrogens (primary N) is 4. The fourth-order valence-corrected chi connectivity index (χ4v) is 0.529. The number of hydrogen-bond acceptors (Lipinski definition) is 4. The van der Waals surface area contributed by atoms with Crippen LogP contribution in [0.2, 0.25) is 0 Å². The van der Waals surface area contributed by atoms with Crippen molar-refractivity contribution in [1.82, 2.24) is 0 Å². The lowest BCUT2D eigenvalue weighted by atomic mass is 10.1. The topological polar surface area (TPSA) is 104 Å². The largest absolute Gasteiger partial charge is 0.327 e. The maximum atomic E-state index is 5.53. The van der Waals surface area contributed by atoms with Gasteiger partial charge in [-0.2, -0.15) is 0 Å². The number of rotatable bonds is 3. The van der Waals surface area contributed by atoms with Gasteiger partial charge < -0.3 is 22.9 Å². The van der Waals surface area contributed by atoms with Crippen molar-refractivity contribution in [2.24, 2.45) is 22.9 Å². The zero-order valence-corrected chi connectivity index (χ0v) is 5.75. The van der Waals surface area contributed by atoms with Gasteiger partial charge in [0.1, 0.15) is 0 Å². The van der Waals surface area contributed by atoms with Crippen molar-refractivity contribution < 1.29 is 0 Å². The van der Waals surface area contributed by atoms with Gasteiger partial charge in [0.25, 0.3) is 0 Å². The van der Waals surface area contributed by atoms with Crippen molar-refractivity contribution in [2.75, 3.05) is 0 Å². The molecule has 0 spiro atoms. The van der Waals surface area contributed by atoms with Crippen molar-refractivity contribution in [3.63, 3.8) is 0 Å². The summed E-state index contributed by atoms with van der Waals surface area (Å²) in [6.07, 6.45) is 0.239. The van der Waals surface area contributed by atoms with Crippen molar-refractivity contribution in [3.05, 3.63) is 0 Å². The summed E-state index contributed by atoms with van der Waals surface area (Å²) in [7, 11) is 0. The zero-order valence-electron chi connectivity index (χ0n) is 5.75. The summed E-state index contributed by atoms with van der Waals surface area (Å²) in [5, 5.41) is 0. The predicted octanol–water partition coefficient (Wildman–Crippen LogP) is -1.71. The maximum Gasteiger partial charge on any atom is 0.0536 e. The monoisotopic (exact) mass is 132 g/mol. The smallest absolute Gasteiger partial charge is 0.0536 e. The second-order valence-corrected chi connectivity index (χ2v) is 2.42. The molecule has 4 nitrogen and oxygen atoms in total. The van der Waals surface area contributed by atoms with Gasteiger partial charge in [0.2, 0.25) is 0 Å². The molecule has 56 valence electrons. The molecule has 8 N–H and O–H groups in total. The minimum Gasteiger partial charge on any atom is -0.327 e. The Morgan fingerprint density at radius 1 is 1.11 bits per heavy atom. The van der Waals surface area contributed by atoms with Crippen LogP contribution in [0.4, 0.5) is 0 Å². The molecule has 0 amide bonds. The highest BCUT2D eigenvalue weighted by atomic mass is 14.9. The molecule has 0 aromatic carbocycles.